The molecule has 0 aliphatic carbocycles. The minimum Gasteiger partial charge on any atom is -0.394 e. The lowest BCUT2D eigenvalue weighted by atomic mass is 10.5. The SMILES string of the molecule is CCOP(=O)(OCC)c1nnnc(N)c1N. The second-order valence-corrected chi connectivity index (χ2v) is 4.68. The van der Waals surface area contributed by atoms with E-state index in [1.165, 1.54) is 0 Å². The summed E-state index contributed by atoms with van der Waals surface area (Å²) in [6, 6.07) is 0. The highest BCUT2D eigenvalue weighted by atomic mass is 31.2. The van der Waals surface area contributed by atoms with Crippen LogP contribution in [-0.2, 0) is 13.6 Å². The first-order chi connectivity index (χ1) is 7.55. The number of nitrogen functional groups attached to an aromatic ring is 2. The predicted octanol–water partition coefficient (Wildman–Crippen LogP) is -0.0726. The van der Waals surface area contributed by atoms with Gasteiger partial charge in [-0.1, -0.05) is 0 Å². The molecule has 0 radical (unpaired) electrons. The van der Waals surface area contributed by atoms with Crippen molar-refractivity contribution in [3.05, 3.63) is 0 Å². The van der Waals surface area contributed by atoms with Gasteiger partial charge in [-0.05, 0) is 19.1 Å². The zero-order valence-electron chi connectivity index (χ0n) is 9.08. The molecule has 8 nitrogen and oxygen atoms in total. The minimum atomic E-state index is -3.55. The Morgan fingerprint density at radius 2 is 1.75 bits per heavy atom. The van der Waals surface area contributed by atoms with Gasteiger partial charge in [-0.25, -0.2) is 0 Å². The van der Waals surface area contributed by atoms with E-state index in [2.05, 4.69) is 15.4 Å². The van der Waals surface area contributed by atoms with Gasteiger partial charge in [0.25, 0.3) is 0 Å². The van der Waals surface area contributed by atoms with E-state index in [0.717, 1.165) is 0 Å². The van der Waals surface area contributed by atoms with Gasteiger partial charge in [-0.15, -0.1) is 10.2 Å². The number of rotatable bonds is 5. The molecule has 0 atom stereocenters. The maximum absolute atomic E-state index is 12.3. The van der Waals surface area contributed by atoms with Crippen LogP contribution in [0.1, 0.15) is 13.8 Å². The van der Waals surface area contributed by atoms with Gasteiger partial charge >= 0.3 is 7.60 Å². The lowest BCUT2D eigenvalue weighted by molar-refractivity contribution is 0.229. The molecular weight excluding hydrogens is 233 g/mol. The molecule has 0 unspecified atom stereocenters. The molecule has 0 fully saturated rings. The minimum absolute atomic E-state index is 0.0276. The van der Waals surface area contributed by atoms with Crippen LogP contribution in [0.3, 0.4) is 0 Å². The summed E-state index contributed by atoms with van der Waals surface area (Å²) in [6.07, 6.45) is 0. The molecule has 90 valence electrons. The van der Waals surface area contributed by atoms with Crippen molar-refractivity contribution in [1.82, 2.24) is 15.4 Å². The topological polar surface area (TPSA) is 126 Å². The Labute approximate surface area is 92.9 Å². The molecule has 1 aromatic heterocycles. The van der Waals surface area contributed by atoms with Crippen molar-refractivity contribution in [3.63, 3.8) is 0 Å². The van der Waals surface area contributed by atoms with Gasteiger partial charge in [0.1, 0.15) is 5.69 Å². The van der Waals surface area contributed by atoms with E-state index in [1.54, 1.807) is 13.8 Å². The van der Waals surface area contributed by atoms with Crippen molar-refractivity contribution >= 4 is 24.5 Å². The lowest BCUT2D eigenvalue weighted by Crippen LogP contribution is -2.22. The maximum atomic E-state index is 12.3. The predicted molar refractivity (Wildman–Crippen MR) is 59.1 cm³/mol. The Kier molecular flexibility index (Phi) is 4.17. The summed E-state index contributed by atoms with van der Waals surface area (Å²) in [5.41, 5.74) is 10.9. The molecule has 0 amide bonds. The standard InChI is InChI=1S/C7H14N5O3P/c1-3-14-16(13,15-4-2)7-5(8)6(9)10-12-11-7/h3-4H2,1-2H3,(H2,8,12)(H2,9,10,11). The monoisotopic (exact) mass is 247 g/mol. The molecule has 1 rings (SSSR count). The third kappa shape index (κ3) is 2.46. The van der Waals surface area contributed by atoms with E-state index in [0.29, 0.717) is 0 Å². The molecule has 0 spiro atoms. The summed E-state index contributed by atoms with van der Waals surface area (Å²) in [4.78, 5) is 0. The van der Waals surface area contributed by atoms with E-state index in [4.69, 9.17) is 20.5 Å². The Bertz CT molecular complexity index is 403. The van der Waals surface area contributed by atoms with Crippen LogP contribution in [0.4, 0.5) is 11.5 Å². The van der Waals surface area contributed by atoms with Crippen LogP contribution in [-0.4, -0.2) is 28.6 Å². The van der Waals surface area contributed by atoms with Gasteiger partial charge in [0.15, 0.2) is 5.82 Å². The molecule has 0 saturated heterocycles. The van der Waals surface area contributed by atoms with Gasteiger partial charge in [-0.2, -0.15) is 0 Å². The normalized spacial score (nSPS) is 11.6. The molecular formula is C7H14N5O3P. The summed E-state index contributed by atoms with van der Waals surface area (Å²) in [5, 5.41) is 10.3. The molecule has 0 aliphatic rings. The van der Waals surface area contributed by atoms with Crippen LogP contribution in [0.15, 0.2) is 0 Å². The molecule has 0 aromatic carbocycles. The molecule has 0 saturated carbocycles. The van der Waals surface area contributed by atoms with Gasteiger partial charge < -0.3 is 20.5 Å². The Morgan fingerprint density at radius 1 is 1.19 bits per heavy atom. The fraction of sp³-hybridized carbons (Fsp3) is 0.571. The van der Waals surface area contributed by atoms with Crippen LogP contribution >= 0.6 is 7.60 Å². The second kappa shape index (κ2) is 5.20. The first-order valence-corrected chi connectivity index (χ1v) is 6.23. The van der Waals surface area contributed by atoms with Crippen molar-refractivity contribution in [2.24, 2.45) is 0 Å². The zero-order valence-corrected chi connectivity index (χ0v) is 9.98. The quantitative estimate of drug-likeness (QED) is 0.692. The molecule has 9 heteroatoms. The van der Waals surface area contributed by atoms with Gasteiger partial charge in [0.2, 0.25) is 5.44 Å². The average Bonchev–Trinajstić information content (AvgIpc) is 2.22. The van der Waals surface area contributed by atoms with Gasteiger partial charge in [-0.3, -0.25) is 4.57 Å². The zero-order chi connectivity index (χ0) is 12.2. The molecule has 1 heterocycles. The van der Waals surface area contributed by atoms with Crippen LogP contribution in [0.2, 0.25) is 0 Å². The maximum Gasteiger partial charge on any atom is 0.383 e. The number of aromatic nitrogens is 3. The average molecular weight is 247 g/mol. The summed E-state index contributed by atoms with van der Waals surface area (Å²) in [6.45, 7) is 3.75. The number of hydrogen-bond acceptors (Lipinski definition) is 8. The fourth-order valence-corrected chi connectivity index (χ4v) is 2.60. The van der Waals surface area contributed by atoms with Crippen molar-refractivity contribution in [3.8, 4) is 0 Å². The molecule has 4 N–H and O–H groups in total. The Morgan fingerprint density at radius 3 is 2.25 bits per heavy atom. The second-order valence-electron chi connectivity index (χ2n) is 2.74. The van der Waals surface area contributed by atoms with E-state index in [-0.39, 0.29) is 30.2 Å². The first kappa shape index (κ1) is 12.8. The molecule has 0 aliphatic heterocycles. The van der Waals surface area contributed by atoms with E-state index >= 15 is 0 Å². The summed E-state index contributed by atoms with van der Waals surface area (Å²) >= 11 is 0. The van der Waals surface area contributed by atoms with Crippen molar-refractivity contribution < 1.29 is 13.6 Å². The largest absolute Gasteiger partial charge is 0.394 e. The van der Waals surface area contributed by atoms with Crippen LogP contribution in [0, 0.1) is 0 Å². The number of anilines is 2. The number of nitrogens with zero attached hydrogens (tertiary/aromatic N) is 3. The third-order valence-corrected chi connectivity index (χ3v) is 3.71. The van der Waals surface area contributed by atoms with E-state index in [1.807, 2.05) is 0 Å². The molecule has 16 heavy (non-hydrogen) atoms. The van der Waals surface area contributed by atoms with Crippen molar-refractivity contribution in [2.45, 2.75) is 13.8 Å². The van der Waals surface area contributed by atoms with Gasteiger partial charge in [0, 0.05) is 0 Å². The highest BCUT2D eigenvalue weighted by Gasteiger charge is 2.32. The highest BCUT2D eigenvalue weighted by molar-refractivity contribution is 7.62. The number of nitrogens with two attached hydrogens (primary N) is 2. The van der Waals surface area contributed by atoms with Crippen LogP contribution in [0.25, 0.3) is 0 Å². The summed E-state index contributed by atoms with van der Waals surface area (Å²) in [7, 11) is -3.55. The number of hydrogen-bond donors (Lipinski definition) is 2. The fourth-order valence-electron chi connectivity index (χ4n) is 1.04. The third-order valence-electron chi connectivity index (χ3n) is 1.67. The van der Waals surface area contributed by atoms with E-state index < -0.39 is 7.60 Å². The molecule has 1 aromatic rings. The summed E-state index contributed by atoms with van der Waals surface area (Å²) < 4.78 is 22.4. The van der Waals surface area contributed by atoms with Crippen LogP contribution in [0.5, 0.6) is 0 Å². The van der Waals surface area contributed by atoms with Crippen molar-refractivity contribution in [1.29, 1.82) is 0 Å². The van der Waals surface area contributed by atoms with Crippen molar-refractivity contribution in [2.75, 3.05) is 24.7 Å². The summed E-state index contributed by atoms with van der Waals surface area (Å²) in [5.74, 6) is -0.0513. The smallest absolute Gasteiger partial charge is 0.383 e. The highest BCUT2D eigenvalue weighted by Crippen LogP contribution is 2.47. The van der Waals surface area contributed by atoms with Gasteiger partial charge in [0.05, 0.1) is 13.2 Å². The molecule has 0 bridgehead atoms. The Hall–Kier alpha value is -1.24. The lowest BCUT2D eigenvalue weighted by Gasteiger charge is -2.16. The first-order valence-electron chi connectivity index (χ1n) is 4.69. The Balaban J connectivity index is 3.21. The van der Waals surface area contributed by atoms with E-state index in [9.17, 15) is 4.57 Å². The van der Waals surface area contributed by atoms with Crippen LogP contribution < -0.4 is 16.9 Å².